The summed E-state index contributed by atoms with van der Waals surface area (Å²) < 4.78 is 27.6. The molecule has 3 nitrogen and oxygen atoms in total. The third-order valence-electron chi connectivity index (χ3n) is 3.50. The Morgan fingerprint density at radius 3 is 2.47 bits per heavy atom. The van der Waals surface area contributed by atoms with Gasteiger partial charge in [0.05, 0.1) is 4.90 Å². The molecule has 0 aliphatic heterocycles. The monoisotopic (exact) mass is 279 g/mol. The van der Waals surface area contributed by atoms with Crippen molar-refractivity contribution >= 4 is 10.0 Å². The Bertz CT molecular complexity index is 575. The lowest BCUT2D eigenvalue weighted by molar-refractivity contribution is 0.368. The first kappa shape index (κ1) is 14.3. The van der Waals surface area contributed by atoms with Gasteiger partial charge in [-0.3, -0.25) is 0 Å². The van der Waals surface area contributed by atoms with Crippen molar-refractivity contribution in [2.45, 2.75) is 44.0 Å². The first-order valence-corrected chi connectivity index (χ1v) is 8.07. The molecule has 1 aliphatic carbocycles. The summed E-state index contributed by atoms with van der Waals surface area (Å²) in [7, 11) is -3.46. The number of allylic oxidation sites excluding steroid dienone is 1. The molecule has 0 heterocycles. The first-order chi connectivity index (χ1) is 8.81. The van der Waals surface area contributed by atoms with Gasteiger partial charge < -0.3 is 0 Å². The van der Waals surface area contributed by atoms with E-state index >= 15 is 0 Å². The van der Waals surface area contributed by atoms with Gasteiger partial charge in [-0.25, -0.2) is 13.1 Å². The molecular weight excluding hydrogens is 258 g/mol. The third-order valence-corrected chi connectivity index (χ3v) is 5.12. The van der Waals surface area contributed by atoms with Crippen LogP contribution in [0.3, 0.4) is 0 Å². The quantitative estimate of drug-likeness (QED) is 0.865. The molecule has 19 heavy (non-hydrogen) atoms. The number of aryl methyl sites for hydroxylation is 1. The van der Waals surface area contributed by atoms with Gasteiger partial charge in [0, 0.05) is 5.54 Å². The van der Waals surface area contributed by atoms with E-state index in [2.05, 4.69) is 17.7 Å². The molecule has 104 valence electrons. The molecule has 0 bridgehead atoms. The van der Waals surface area contributed by atoms with Crippen molar-refractivity contribution in [3.63, 3.8) is 0 Å². The fourth-order valence-corrected chi connectivity index (χ4v) is 3.97. The van der Waals surface area contributed by atoms with E-state index < -0.39 is 15.6 Å². The fraction of sp³-hybridized carbons (Fsp3) is 0.467. The van der Waals surface area contributed by atoms with E-state index in [-0.39, 0.29) is 0 Å². The Morgan fingerprint density at radius 1 is 1.26 bits per heavy atom. The van der Waals surface area contributed by atoms with Crippen LogP contribution in [0.15, 0.2) is 41.3 Å². The van der Waals surface area contributed by atoms with Gasteiger partial charge in [0.25, 0.3) is 0 Å². The lowest BCUT2D eigenvalue weighted by atomic mass is 9.84. The molecular formula is C15H21NO2S. The molecule has 1 aromatic rings. The Balaban J connectivity index is 2.24. The molecule has 0 unspecified atom stereocenters. The summed E-state index contributed by atoms with van der Waals surface area (Å²) >= 11 is 0. The van der Waals surface area contributed by atoms with Crippen LogP contribution in [0, 0.1) is 12.8 Å². The van der Waals surface area contributed by atoms with Crippen LogP contribution in [-0.2, 0) is 10.0 Å². The van der Waals surface area contributed by atoms with Crippen molar-refractivity contribution in [1.82, 2.24) is 4.72 Å². The molecule has 2 rings (SSSR count). The van der Waals surface area contributed by atoms with Crippen LogP contribution in [-0.4, -0.2) is 14.0 Å². The van der Waals surface area contributed by atoms with Crippen LogP contribution in [0.2, 0.25) is 0 Å². The van der Waals surface area contributed by atoms with E-state index in [4.69, 9.17) is 0 Å². The standard InChI is InChI=1S/C15H21NO2S/c1-12-6-8-14(9-7-12)19(17,18)16-15(3)10-4-5-13(2)11-15/h4,6-10,13,16H,5,11H2,1-3H3/t13-,15+/m0/s1. The maximum absolute atomic E-state index is 12.4. The van der Waals surface area contributed by atoms with Gasteiger partial charge in [-0.15, -0.1) is 0 Å². The fourth-order valence-electron chi connectivity index (χ4n) is 2.59. The van der Waals surface area contributed by atoms with Crippen molar-refractivity contribution in [2.24, 2.45) is 5.92 Å². The molecule has 0 spiro atoms. The summed E-state index contributed by atoms with van der Waals surface area (Å²) in [5.41, 5.74) is 0.567. The Hall–Kier alpha value is -1.13. The second kappa shape index (κ2) is 5.10. The average molecular weight is 279 g/mol. The van der Waals surface area contributed by atoms with E-state index in [1.807, 2.05) is 32.1 Å². The van der Waals surface area contributed by atoms with E-state index in [1.165, 1.54) is 0 Å². The van der Waals surface area contributed by atoms with Gasteiger partial charge >= 0.3 is 0 Å². The molecule has 1 N–H and O–H groups in total. The number of rotatable bonds is 3. The number of hydrogen-bond acceptors (Lipinski definition) is 2. The summed E-state index contributed by atoms with van der Waals surface area (Å²) in [6, 6.07) is 6.93. The van der Waals surface area contributed by atoms with Crippen LogP contribution >= 0.6 is 0 Å². The third kappa shape index (κ3) is 3.45. The number of nitrogens with one attached hydrogen (secondary N) is 1. The van der Waals surface area contributed by atoms with Crippen molar-refractivity contribution < 1.29 is 8.42 Å². The summed E-state index contributed by atoms with van der Waals surface area (Å²) in [6.45, 7) is 6.02. The van der Waals surface area contributed by atoms with Gasteiger partial charge in [-0.05, 0) is 44.7 Å². The lowest BCUT2D eigenvalue weighted by Crippen LogP contribution is -2.46. The SMILES string of the molecule is Cc1ccc(S(=O)(=O)N[C@]2(C)C=CC[C@H](C)C2)cc1. The van der Waals surface area contributed by atoms with Gasteiger partial charge in [-0.1, -0.05) is 36.8 Å². The largest absolute Gasteiger partial charge is 0.241 e. The van der Waals surface area contributed by atoms with E-state index in [0.717, 1.165) is 18.4 Å². The van der Waals surface area contributed by atoms with Crippen molar-refractivity contribution in [3.8, 4) is 0 Å². The normalized spacial score (nSPS) is 27.4. The Labute approximate surface area is 115 Å². The van der Waals surface area contributed by atoms with E-state index in [0.29, 0.717) is 10.8 Å². The van der Waals surface area contributed by atoms with E-state index in [9.17, 15) is 8.42 Å². The average Bonchev–Trinajstić information content (AvgIpc) is 2.27. The minimum Gasteiger partial charge on any atom is -0.207 e. The van der Waals surface area contributed by atoms with Crippen LogP contribution < -0.4 is 4.72 Å². The zero-order valence-corrected chi connectivity index (χ0v) is 12.5. The predicted molar refractivity (Wildman–Crippen MR) is 77.4 cm³/mol. The molecule has 2 atom stereocenters. The van der Waals surface area contributed by atoms with Crippen LogP contribution in [0.5, 0.6) is 0 Å². The van der Waals surface area contributed by atoms with Crippen LogP contribution in [0.1, 0.15) is 32.3 Å². The lowest BCUT2D eigenvalue weighted by Gasteiger charge is -2.33. The Kier molecular flexibility index (Phi) is 3.83. The summed E-state index contributed by atoms with van der Waals surface area (Å²) in [5.74, 6) is 0.496. The maximum Gasteiger partial charge on any atom is 0.241 e. The van der Waals surface area contributed by atoms with Gasteiger partial charge in [-0.2, -0.15) is 0 Å². The second-order valence-electron chi connectivity index (χ2n) is 5.78. The van der Waals surface area contributed by atoms with Crippen molar-refractivity contribution in [2.75, 3.05) is 0 Å². The molecule has 0 aromatic heterocycles. The molecule has 1 aromatic carbocycles. The summed E-state index contributed by atoms with van der Waals surface area (Å²) in [4.78, 5) is 0.325. The first-order valence-electron chi connectivity index (χ1n) is 6.59. The van der Waals surface area contributed by atoms with Crippen LogP contribution in [0.4, 0.5) is 0 Å². The number of benzene rings is 1. The molecule has 0 saturated heterocycles. The molecule has 0 saturated carbocycles. The van der Waals surface area contributed by atoms with Crippen molar-refractivity contribution in [3.05, 3.63) is 42.0 Å². The Morgan fingerprint density at radius 2 is 1.89 bits per heavy atom. The highest BCUT2D eigenvalue weighted by atomic mass is 32.2. The smallest absolute Gasteiger partial charge is 0.207 e. The zero-order chi connectivity index (χ0) is 14.1. The molecule has 0 amide bonds. The maximum atomic E-state index is 12.4. The topological polar surface area (TPSA) is 46.2 Å². The van der Waals surface area contributed by atoms with E-state index in [1.54, 1.807) is 12.1 Å². The minimum absolute atomic E-state index is 0.325. The summed E-state index contributed by atoms with van der Waals surface area (Å²) in [6.07, 6.45) is 5.88. The highest BCUT2D eigenvalue weighted by Gasteiger charge is 2.31. The highest BCUT2D eigenvalue weighted by molar-refractivity contribution is 7.89. The van der Waals surface area contributed by atoms with Gasteiger partial charge in [0.2, 0.25) is 10.0 Å². The van der Waals surface area contributed by atoms with Gasteiger partial charge in [0.1, 0.15) is 0 Å². The summed E-state index contributed by atoms with van der Waals surface area (Å²) in [5, 5.41) is 0. The minimum atomic E-state index is -3.46. The number of hydrogen-bond donors (Lipinski definition) is 1. The van der Waals surface area contributed by atoms with Crippen LogP contribution in [0.25, 0.3) is 0 Å². The molecule has 1 aliphatic rings. The van der Waals surface area contributed by atoms with Crippen molar-refractivity contribution in [1.29, 1.82) is 0 Å². The highest BCUT2D eigenvalue weighted by Crippen LogP contribution is 2.28. The second-order valence-corrected chi connectivity index (χ2v) is 7.47. The van der Waals surface area contributed by atoms with Gasteiger partial charge in [0.15, 0.2) is 0 Å². The number of sulfonamides is 1. The molecule has 0 radical (unpaired) electrons. The predicted octanol–water partition coefficient (Wildman–Crippen LogP) is 3.02. The molecule has 4 heteroatoms. The molecule has 0 fully saturated rings. The zero-order valence-electron chi connectivity index (χ0n) is 11.7.